The fourth-order valence-corrected chi connectivity index (χ4v) is 2.87. The third-order valence-corrected chi connectivity index (χ3v) is 4.36. The van der Waals surface area contributed by atoms with Crippen molar-refractivity contribution in [2.75, 3.05) is 13.1 Å². The zero-order valence-electron chi connectivity index (χ0n) is 13.6. The molecule has 0 bridgehead atoms. The van der Waals surface area contributed by atoms with Gasteiger partial charge in [0, 0.05) is 37.6 Å². The fraction of sp³-hybridized carbons (Fsp3) is 0.706. The van der Waals surface area contributed by atoms with Gasteiger partial charge in [-0.05, 0) is 43.4 Å². The summed E-state index contributed by atoms with van der Waals surface area (Å²) in [7, 11) is 0. The van der Waals surface area contributed by atoms with E-state index in [0.717, 1.165) is 19.6 Å². The van der Waals surface area contributed by atoms with E-state index in [1.165, 1.54) is 17.5 Å². The monoisotopic (exact) mass is 275 g/mol. The molecule has 1 N–H and O–H groups in total. The molecule has 2 rings (SSSR count). The summed E-state index contributed by atoms with van der Waals surface area (Å²) < 4.78 is 0. The number of rotatable bonds is 2. The third-order valence-electron chi connectivity index (χ3n) is 4.36. The first-order valence-corrected chi connectivity index (χ1v) is 7.74. The molecule has 0 amide bonds. The summed E-state index contributed by atoms with van der Waals surface area (Å²) in [6, 6.07) is 3.42. The molecule has 2 unspecified atom stereocenters. The van der Waals surface area contributed by atoms with Crippen LogP contribution in [-0.4, -0.2) is 35.1 Å². The van der Waals surface area contributed by atoms with E-state index in [-0.39, 0.29) is 0 Å². The molecule has 2 atom stereocenters. The van der Waals surface area contributed by atoms with E-state index in [1.54, 1.807) is 0 Å². The van der Waals surface area contributed by atoms with Crippen molar-refractivity contribution in [3.05, 3.63) is 29.6 Å². The minimum Gasteiger partial charge on any atom is -0.312 e. The maximum Gasteiger partial charge on any atom is 0.0313 e. The standard InChI is InChI=1S/C17H29N3/c1-13-8-15(10-18-9-13)11-20-12-16(17(3,4)5)19-7-6-14(20)2/h8-10,14,16,19H,6-7,11-12H2,1-5H3. The van der Waals surface area contributed by atoms with Gasteiger partial charge in [0.1, 0.15) is 0 Å². The zero-order valence-corrected chi connectivity index (χ0v) is 13.6. The molecule has 1 saturated heterocycles. The fourth-order valence-electron chi connectivity index (χ4n) is 2.87. The van der Waals surface area contributed by atoms with Gasteiger partial charge in [-0.25, -0.2) is 0 Å². The second-order valence-electron chi connectivity index (χ2n) is 7.31. The van der Waals surface area contributed by atoms with Crippen LogP contribution in [0.3, 0.4) is 0 Å². The van der Waals surface area contributed by atoms with Crippen molar-refractivity contribution in [3.63, 3.8) is 0 Å². The summed E-state index contributed by atoms with van der Waals surface area (Å²) in [4.78, 5) is 6.93. The highest BCUT2D eigenvalue weighted by molar-refractivity contribution is 5.16. The van der Waals surface area contributed by atoms with Crippen LogP contribution in [-0.2, 0) is 6.54 Å². The Morgan fingerprint density at radius 3 is 2.75 bits per heavy atom. The highest BCUT2D eigenvalue weighted by atomic mass is 15.2. The Bertz CT molecular complexity index is 436. The molecule has 1 fully saturated rings. The first-order chi connectivity index (χ1) is 9.36. The Morgan fingerprint density at radius 2 is 2.10 bits per heavy atom. The van der Waals surface area contributed by atoms with E-state index < -0.39 is 0 Å². The summed E-state index contributed by atoms with van der Waals surface area (Å²) in [6.45, 7) is 14.7. The maximum absolute atomic E-state index is 4.32. The summed E-state index contributed by atoms with van der Waals surface area (Å²) in [6.07, 6.45) is 5.14. The van der Waals surface area contributed by atoms with Crippen molar-refractivity contribution in [1.29, 1.82) is 0 Å². The lowest BCUT2D eigenvalue weighted by Gasteiger charge is -2.35. The summed E-state index contributed by atoms with van der Waals surface area (Å²) in [5.41, 5.74) is 2.87. The topological polar surface area (TPSA) is 28.2 Å². The minimum atomic E-state index is 0.299. The van der Waals surface area contributed by atoms with Crippen LogP contribution in [0.2, 0.25) is 0 Å². The van der Waals surface area contributed by atoms with E-state index in [2.05, 4.69) is 55.9 Å². The molecular formula is C17H29N3. The average molecular weight is 275 g/mol. The van der Waals surface area contributed by atoms with Gasteiger partial charge in [0.05, 0.1) is 0 Å². The normalized spacial score (nSPS) is 25.4. The number of aromatic nitrogens is 1. The van der Waals surface area contributed by atoms with Crippen molar-refractivity contribution in [2.24, 2.45) is 5.41 Å². The van der Waals surface area contributed by atoms with E-state index in [9.17, 15) is 0 Å². The van der Waals surface area contributed by atoms with Crippen LogP contribution in [0.1, 0.15) is 45.2 Å². The Balaban J connectivity index is 2.11. The summed E-state index contributed by atoms with van der Waals surface area (Å²) >= 11 is 0. The molecular weight excluding hydrogens is 246 g/mol. The predicted molar refractivity (Wildman–Crippen MR) is 84.7 cm³/mol. The quantitative estimate of drug-likeness (QED) is 0.899. The molecule has 0 aromatic carbocycles. The Hall–Kier alpha value is -0.930. The Labute approximate surface area is 123 Å². The number of hydrogen-bond donors (Lipinski definition) is 1. The summed E-state index contributed by atoms with van der Waals surface area (Å²) in [5.74, 6) is 0. The second-order valence-corrected chi connectivity index (χ2v) is 7.31. The molecule has 2 heterocycles. The van der Waals surface area contributed by atoms with Crippen molar-refractivity contribution in [1.82, 2.24) is 15.2 Å². The molecule has 1 aromatic rings. The smallest absolute Gasteiger partial charge is 0.0313 e. The van der Waals surface area contributed by atoms with Crippen molar-refractivity contribution in [3.8, 4) is 0 Å². The number of nitrogens with one attached hydrogen (secondary N) is 1. The lowest BCUT2D eigenvalue weighted by Crippen LogP contribution is -2.47. The van der Waals surface area contributed by atoms with Crippen LogP contribution in [0, 0.1) is 12.3 Å². The third kappa shape index (κ3) is 4.03. The van der Waals surface area contributed by atoms with Gasteiger partial charge in [0.25, 0.3) is 0 Å². The van der Waals surface area contributed by atoms with E-state index in [1.807, 2.05) is 12.4 Å². The lowest BCUT2D eigenvalue weighted by atomic mass is 9.86. The van der Waals surface area contributed by atoms with Crippen LogP contribution in [0.15, 0.2) is 18.5 Å². The molecule has 1 aromatic heterocycles. The first-order valence-electron chi connectivity index (χ1n) is 7.74. The number of nitrogens with zero attached hydrogens (tertiary/aromatic N) is 2. The minimum absolute atomic E-state index is 0.299. The number of pyridine rings is 1. The Kier molecular flexibility index (Phi) is 4.82. The van der Waals surface area contributed by atoms with Gasteiger partial charge in [0.15, 0.2) is 0 Å². The van der Waals surface area contributed by atoms with E-state index in [0.29, 0.717) is 17.5 Å². The van der Waals surface area contributed by atoms with E-state index >= 15 is 0 Å². The molecule has 0 spiro atoms. The lowest BCUT2D eigenvalue weighted by molar-refractivity contribution is 0.157. The van der Waals surface area contributed by atoms with Gasteiger partial charge >= 0.3 is 0 Å². The van der Waals surface area contributed by atoms with Gasteiger partial charge in [0.2, 0.25) is 0 Å². The highest BCUT2D eigenvalue weighted by Gasteiger charge is 2.30. The molecule has 3 heteroatoms. The van der Waals surface area contributed by atoms with Gasteiger partial charge in [-0.15, -0.1) is 0 Å². The predicted octanol–water partition coefficient (Wildman–Crippen LogP) is 2.99. The van der Waals surface area contributed by atoms with E-state index in [4.69, 9.17) is 0 Å². The molecule has 20 heavy (non-hydrogen) atoms. The van der Waals surface area contributed by atoms with Crippen molar-refractivity contribution in [2.45, 2.75) is 59.7 Å². The maximum atomic E-state index is 4.32. The number of hydrogen-bond acceptors (Lipinski definition) is 3. The highest BCUT2D eigenvalue weighted by Crippen LogP contribution is 2.24. The molecule has 1 aliphatic heterocycles. The van der Waals surface area contributed by atoms with Gasteiger partial charge in [-0.3, -0.25) is 9.88 Å². The first kappa shape index (κ1) is 15.5. The molecule has 0 aliphatic carbocycles. The van der Waals surface area contributed by atoms with Gasteiger partial charge in [-0.1, -0.05) is 26.8 Å². The van der Waals surface area contributed by atoms with Crippen molar-refractivity contribution >= 4 is 0 Å². The average Bonchev–Trinajstić information content (AvgIpc) is 2.52. The van der Waals surface area contributed by atoms with Crippen LogP contribution in [0.25, 0.3) is 0 Å². The SMILES string of the molecule is Cc1cncc(CN2CC(C(C)(C)C)NCCC2C)c1. The summed E-state index contributed by atoms with van der Waals surface area (Å²) in [5, 5.41) is 3.72. The molecule has 3 nitrogen and oxygen atoms in total. The number of aryl methyl sites for hydroxylation is 1. The zero-order chi connectivity index (χ0) is 14.8. The second kappa shape index (κ2) is 6.23. The molecule has 1 aliphatic rings. The van der Waals surface area contributed by atoms with Gasteiger partial charge in [-0.2, -0.15) is 0 Å². The van der Waals surface area contributed by atoms with Crippen LogP contribution >= 0.6 is 0 Å². The Morgan fingerprint density at radius 1 is 1.35 bits per heavy atom. The van der Waals surface area contributed by atoms with Crippen molar-refractivity contribution < 1.29 is 0 Å². The molecule has 112 valence electrons. The van der Waals surface area contributed by atoms with Gasteiger partial charge < -0.3 is 5.32 Å². The van der Waals surface area contributed by atoms with Crippen LogP contribution < -0.4 is 5.32 Å². The van der Waals surface area contributed by atoms with Crippen LogP contribution in [0.4, 0.5) is 0 Å². The molecule has 0 saturated carbocycles. The molecule has 0 radical (unpaired) electrons. The largest absolute Gasteiger partial charge is 0.312 e. The van der Waals surface area contributed by atoms with Crippen LogP contribution in [0.5, 0.6) is 0 Å².